The Hall–Kier alpha value is -1.18. The molecule has 0 unspecified atom stereocenters. The predicted molar refractivity (Wildman–Crippen MR) is 100 cm³/mol. The molecule has 0 spiro atoms. The molecule has 23 heavy (non-hydrogen) atoms. The zero-order chi connectivity index (χ0) is 16.9. The van der Waals surface area contributed by atoms with Gasteiger partial charge in [-0.05, 0) is 72.9 Å². The van der Waals surface area contributed by atoms with Crippen LogP contribution in [0, 0.1) is 6.92 Å². The summed E-state index contributed by atoms with van der Waals surface area (Å²) in [6.07, 6.45) is 0. The molecule has 0 fully saturated rings. The molecule has 2 aromatic rings. The molecule has 0 amide bonds. The second kappa shape index (κ2) is 6.03. The Labute approximate surface area is 157 Å². The van der Waals surface area contributed by atoms with E-state index in [-0.39, 0.29) is 25.0 Å². The first kappa shape index (κ1) is 16.7. The number of methoxy groups -OCH3 is 1. The molecule has 0 atom stereocenters. The van der Waals surface area contributed by atoms with E-state index in [0.717, 1.165) is 16.6 Å². The molecule has 1 aromatic heterocycles. The number of nitrogens with one attached hydrogen (secondary N) is 1. The van der Waals surface area contributed by atoms with Gasteiger partial charge >= 0.3 is 0 Å². The van der Waals surface area contributed by atoms with Crippen LogP contribution in [-0.4, -0.2) is 23.7 Å². The summed E-state index contributed by atoms with van der Waals surface area (Å²) in [5, 5.41) is 0.827. The third kappa shape index (κ3) is 2.55. The molecule has 1 aromatic carbocycles. The number of carbonyl (C=O) groups excluding carboxylic acids is 2. The Balaban J connectivity index is 2.34. The van der Waals surface area contributed by atoms with Gasteiger partial charge in [0.25, 0.3) is 0 Å². The maximum atomic E-state index is 12.7. The van der Waals surface area contributed by atoms with Crippen LogP contribution in [0.1, 0.15) is 11.3 Å². The van der Waals surface area contributed by atoms with Crippen molar-refractivity contribution in [1.82, 2.24) is 4.98 Å². The number of aryl methyl sites for hydroxylation is 1. The fourth-order valence-corrected chi connectivity index (χ4v) is 4.20. The van der Waals surface area contributed by atoms with Gasteiger partial charge in [0.1, 0.15) is 5.75 Å². The predicted octanol–water partition coefficient (Wildman–Crippen LogP) is 4.74. The van der Waals surface area contributed by atoms with E-state index in [9.17, 15) is 9.59 Å². The van der Waals surface area contributed by atoms with Gasteiger partial charge in [0.05, 0.1) is 26.1 Å². The highest BCUT2D eigenvalue weighted by atomic mass is 79.9. The molecule has 0 saturated heterocycles. The number of H-pyrrole nitrogens is 1. The number of Topliss-reactive ketones (excluding diaryl/α,β-unsaturated/α-hetero) is 2. The molecule has 7 heteroatoms. The molecule has 3 rings (SSSR count). The minimum Gasteiger partial charge on any atom is -0.497 e. The van der Waals surface area contributed by atoms with Crippen molar-refractivity contribution in [2.24, 2.45) is 0 Å². The minimum atomic E-state index is -0.275. The van der Waals surface area contributed by atoms with Crippen molar-refractivity contribution in [1.29, 1.82) is 0 Å². The van der Waals surface area contributed by atoms with Crippen LogP contribution in [-0.2, 0) is 9.59 Å². The van der Waals surface area contributed by atoms with E-state index < -0.39 is 0 Å². The van der Waals surface area contributed by atoms with Gasteiger partial charge in [0.2, 0.25) is 11.6 Å². The van der Waals surface area contributed by atoms with Gasteiger partial charge in [-0.25, -0.2) is 0 Å². The first-order valence-electron chi connectivity index (χ1n) is 6.58. The van der Waals surface area contributed by atoms with Gasteiger partial charge < -0.3 is 9.72 Å². The number of fused-ring (bicyclic) bond motifs is 1. The van der Waals surface area contributed by atoms with E-state index in [1.165, 1.54) is 0 Å². The van der Waals surface area contributed by atoms with Crippen LogP contribution >= 0.6 is 47.8 Å². The number of aromatic nitrogens is 1. The van der Waals surface area contributed by atoms with Crippen LogP contribution in [0.3, 0.4) is 0 Å². The summed E-state index contributed by atoms with van der Waals surface area (Å²) in [6, 6.07) is 5.57. The van der Waals surface area contributed by atoms with Gasteiger partial charge in [0, 0.05) is 22.2 Å². The van der Waals surface area contributed by atoms with Crippen molar-refractivity contribution in [3.8, 4) is 5.75 Å². The number of ketones is 2. The van der Waals surface area contributed by atoms with E-state index in [1.807, 2.05) is 25.1 Å². The molecule has 1 heterocycles. The number of hydrogen-bond donors (Lipinski definition) is 1. The Kier molecular flexibility index (Phi) is 4.37. The number of halogens is 3. The quantitative estimate of drug-likeness (QED) is 0.602. The molecule has 118 valence electrons. The van der Waals surface area contributed by atoms with E-state index in [2.05, 4.69) is 52.8 Å². The van der Waals surface area contributed by atoms with E-state index >= 15 is 0 Å². The van der Waals surface area contributed by atoms with Gasteiger partial charge in [-0.15, -0.1) is 0 Å². The summed E-state index contributed by atoms with van der Waals surface area (Å²) in [4.78, 5) is 28.3. The molecule has 0 bridgehead atoms. The van der Waals surface area contributed by atoms with Gasteiger partial charge in [0.15, 0.2) is 0 Å². The van der Waals surface area contributed by atoms with Crippen LogP contribution in [0.25, 0.3) is 16.5 Å². The van der Waals surface area contributed by atoms with Gasteiger partial charge in [-0.3, -0.25) is 9.59 Å². The highest BCUT2D eigenvalue weighted by Gasteiger charge is 2.34. The zero-order valence-corrected chi connectivity index (χ0v) is 16.8. The lowest BCUT2D eigenvalue weighted by Gasteiger charge is -2.16. The van der Waals surface area contributed by atoms with Gasteiger partial charge in [-0.1, -0.05) is 0 Å². The SMILES string of the molecule is COc1ccc2[nH]c(C)c(C3=C(Br)C(=O)C(Br)=C(Br)C3=O)c2c1. The number of ether oxygens (including phenoxy) is 1. The number of rotatable bonds is 2. The molecule has 1 aliphatic carbocycles. The highest BCUT2D eigenvalue weighted by Crippen LogP contribution is 2.42. The Bertz CT molecular complexity index is 937. The average Bonchev–Trinajstić information content (AvgIpc) is 2.87. The molecule has 4 nitrogen and oxygen atoms in total. The van der Waals surface area contributed by atoms with Crippen LogP contribution in [0.2, 0.25) is 0 Å². The van der Waals surface area contributed by atoms with Gasteiger partial charge in [-0.2, -0.15) is 0 Å². The standard InChI is InChI=1S/C16H10Br3NO3/c1-6-10(8-5-7(23-2)3-4-9(8)20-6)11-12(17)16(22)14(19)13(18)15(11)21/h3-5,20H,1-2H3. The third-order valence-electron chi connectivity index (χ3n) is 3.68. The third-order valence-corrected chi connectivity index (χ3v) is 6.48. The molecule has 1 N–H and O–H groups in total. The van der Waals surface area contributed by atoms with E-state index in [1.54, 1.807) is 7.11 Å². The van der Waals surface area contributed by atoms with E-state index in [4.69, 9.17) is 4.74 Å². The summed E-state index contributed by atoms with van der Waals surface area (Å²) < 4.78 is 5.94. The van der Waals surface area contributed by atoms with Crippen LogP contribution < -0.4 is 4.74 Å². The first-order valence-corrected chi connectivity index (χ1v) is 8.95. The largest absolute Gasteiger partial charge is 0.497 e. The summed E-state index contributed by atoms with van der Waals surface area (Å²) in [7, 11) is 1.58. The molecule has 0 saturated carbocycles. The topological polar surface area (TPSA) is 59.2 Å². The van der Waals surface area contributed by atoms with Crippen molar-refractivity contribution in [2.45, 2.75) is 6.92 Å². The lowest BCUT2D eigenvalue weighted by molar-refractivity contribution is -0.113. The Morgan fingerprint density at radius 3 is 2.30 bits per heavy atom. The number of carbonyl (C=O) groups is 2. The fourth-order valence-electron chi connectivity index (χ4n) is 2.60. The molecule has 1 aliphatic rings. The van der Waals surface area contributed by atoms with E-state index in [0.29, 0.717) is 16.9 Å². The average molecular weight is 504 g/mol. The lowest BCUT2D eigenvalue weighted by Crippen LogP contribution is -2.16. The zero-order valence-electron chi connectivity index (χ0n) is 12.1. The van der Waals surface area contributed by atoms with Crippen LogP contribution in [0.5, 0.6) is 5.75 Å². The first-order chi connectivity index (χ1) is 10.9. The number of hydrogen-bond acceptors (Lipinski definition) is 3. The summed E-state index contributed by atoms with van der Waals surface area (Å²) >= 11 is 9.64. The highest BCUT2D eigenvalue weighted by molar-refractivity contribution is 9.15. The molecular weight excluding hydrogens is 494 g/mol. The van der Waals surface area contributed by atoms with Crippen LogP contribution in [0.4, 0.5) is 0 Å². The molecule has 0 radical (unpaired) electrons. The maximum absolute atomic E-state index is 12.7. The number of benzene rings is 1. The summed E-state index contributed by atoms with van der Waals surface area (Å²) in [5.74, 6) is 0.151. The fraction of sp³-hybridized carbons (Fsp3) is 0.125. The second-order valence-electron chi connectivity index (χ2n) is 5.01. The number of aromatic amines is 1. The maximum Gasteiger partial charge on any atom is 0.208 e. The van der Waals surface area contributed by atoms with Crippen molar-refractivity contribution in [3.05, 3.63) is 42.9 Å². The summed E-state index contributed by atoms with van der Waals surface area (Å²) in [5.41, 5.74) is 2.71. The number of allylic oxidation sites excluding steroid dienone is 4. The molecular formula is C16H10Br3NO3. The monoisotopic (exact) mass is 501 g/mol. The van der Waals surface area contributed by atoms with Crippen LogP contribution in [0.15, 0.2) is 31.6 Å². The minimum absolute atomic E-state index is 0.216. The second-order valence-corrected chi connectivity index (χ2v) is 7.39. The molecule has 0 aliphatic heterocycles. The normalized spacial score (nSPS) is 15.9. The smallest absolute Gasteiger partial charge is 0.208 e. The Morgan fingerprint density at radius 1 is 1.00 bits per heavy atom. The lowest BCUT2D eigenvalue weighted by atomic mass is 9.94. The van der Waals surface area contributed by atoms with Crippen molar-refractivity contribution < 1.29 is 14.3 Å². The van der Waals surface area contributed by atoms with Crippen molar-refractivity contribution >= 4 is 75.8 Å². The Morgan fingerprint density at radius 2 is 1.65 bits per heavy atom. The summed E-state index contributed by atoms with van der Waals surface area (Å²) in [6.45, 7) is 1.87. The van der Waals surface area contributed by atoms with Crippen molar-refractivity contribution in [3.63, 3.8) is 0 Å². The van der Waals surface area contributed by atoms with Crippen molar-refractivity contribution in [2.75, 3.05) is 7.11 Å².